The van der Waals surface area contributed by atoms with Gasteiger partial charge in [0.1, 0.15) is 18.7 Å². The normalized spacial score (nSPS) is 29.1. The van der Waals surface area contributed by atoms with Gasteiger partial charge in [0.15, 0.2) is 0 Å². The van der Waals surface area contributed by atoms with E-state index in [0.717, 1.165) is 47.0 Å². The van der Waals surface area contributed by atoms with E-state index >= 15 is 0 Å². The Balaban J connectivity index is 1.56. The number of piperidine rings is 3. The van der Waals surface area contributed by atoms with Crippen LogP contribution in [-0.2, 0) is 6.54 Å². The Labute approximate surface area is 192 Å². The van der Waals surface area contributed by atoms with Crippen LogP contribution in [0, 0.1) is 15.4 Å². The molecule has 3 aliphatic rings. The molecule has 6 rings (SSSR count). The van der Waals surface area contributed by atoms with E-state index in [0.29, 0.717) is 11.8 Å². The van der Waals surface area contributed by atoms with Crippen molar-refractivity contribution in [3.63, 3.8) is 0 Å². The van der Waals surface area contributed by atoms with E-state index in [4.69, 9.17) is 0 Å². The largest absolute Gasteiger partial charge is 0.382 e. The van der Waals surface area contributed by atoms with E-state index in [9.17, 15) is 5.11 Å². The van der Waals surface area contributed by atoms with Crippen LogP contribution in [0.5, 0.6) is 0 Å². The third-order valence-electron chi connectivity index (χ3n) is 7.43. The Hall–Kier alpha value is -1.76. The van der Waals surface area contributed by atoms with E-state index in [2.05, 4.69) is 70.6 Å². The van der Waals surface area contributed by atoms with E-state index in [1.807, 2.05) is 30.5 Å². The minimum absolute atomic E-state index is 0.198. The van der Waals surface area contributed by atoms with Gasteiger partial charge in [-0.1, -0.05) is 36.4 Å². The van der Waals surface area contributed by atoms with Crippen molar-refractivity contribution < 1.29 is 9.59 Å². The fourth-order valence-electron chi connectivity index (χ4n) is 5.96. The van der Waals surface area contributed by atoms with Crippen LogP contribution < -0.4 is 0 Å². The lowest BCUT2D eigenvalue weighted by Crippen LogP contribution is -2.67. The average Bonchev–Trinajstić information content (AvgIpc) is 2.78. The van der Waals surface area contributed by atoms with Crippen LogP contribution >= 0.6 is 22.6 Å². The van der Waals surface area contributed by atoms with Crippen molar-refractivity contribution in [2.45, 2.75) is 31.5 Å². The summed E-state index contributed by atoms with van der Waals surface area (Å²) in [7, 11) is 0. The topological polar surface area (TPSA) is 33.1 Å². The predicted molar refractivity (Wildman–Crippen MR) is 130 cm³/mol. The molecule has 4 heterocycles. The fourth-order valence-corrected chi connectivity index (χ4v) is 6.57. The maximum atomic E-state index is 11.8. The van der Waals surface area contributed by atoms with Gasteiger partial charge in [-0.15, -0.1) is 6.58 Å². The molecule has 0 radical (unpaired) electrons. The summed E-state index contributed by atoms with van der Waals surface area (Å²) in [5, 5.41) is 12.8. The van der Waals surface area contributed by atoms with Crippen LogP contribution in [0.2, 0.25) is 0 Å². The Morgan fingerprint density at radius 3 is 2.90 bits per heavy atom. The second-order valence-electron chi connectivity index (χ2n) is 9.03. The zero-order valence-corrected chi connectivity index (χ0v) is 19.3. The number of hydrogen-bond donors (Lipinski definition) is 1. The van der Waals surface area contributed by atoms with Crippen LogP contribution in [0.1, 0.15) is 30.1 Å². The molecule has 4 heteroatoms. The Kier molecular flexibility index (Phi) is 5.42. The van der Waals surface area contributed by atoms with Crippen molar-refractivity contribution in [1.29, 1.82) is 0 Å². The van der Waals surface area contributed by atoms with Crippen molar-refractivity contribution >= 4 is 33.5 Å². The molecule has 0 unspecified atom stereocenters. The minimum Gasteiger partial charge on any atom is -0.382 e. The quantitative estimate of drug-likeness (QED) is 0.280. The molecular weight excluding hydrogens is 483 g/mol. The zero-order valence-electron chi connectivity index (χ0n) is 17.1. The molecule has 3 aromatic rings. The van der Waals surface area contributed by atoms with Crippen molar-refractivity contribution in [3.05, 3.63) is 88.1 Å². The number of pyridine rings is 1. The van der Waals surface area contributed by atoms with Crippen LogP contribution in [0.4, 0.5) is 0 Å². The first-order valence-electron chi connectivity index (χ1n) is 10.8. The van der Waals surface area contributed by atoms with Gasteiger partial charge in [-0.2, -0.15) is 0 Å². The van der Waals surface area contributed by atoms with Gasteiger partial charge in [-0.3, -0.25) is 4.98 Å². The van der Waals surface area contributed by atoms with Crippen LogP contribution in [0.25, 0.3) is 10.9 Å². The molecule has 0 amide bonds. The number of rotatable bonds is 5. The molecule has 3 nitrogen and oxygen atoms in total. The van der Waals surface area contributed by atoms with Gasteiger partial charge in [0.25, 0.3) is 0 Å². The number of benzene rings is 2. The summed E-state index contributed by atoms with van der Waals surface area (Å²) in [6, 6.07) is 19.2. The molecule has 3 aliphatic heterocycles. The molecule has 0 aliphatic carbocycles. The number of nitrogens with zero attached hydrogens (tertiary/aromatic N) is 2. The minimum atomic E-state index is -0.491. The molecule has 0 saturated carbocycles. The summed E-state index contributed by atoms with van der Waals surface area (Å²) in [6.07, 6.45) is 5.79. The Morgan fingerprint density at radius 2 is 2.07 bits per heavy atom. The molecule has 0 spiro atoms. The molecule has 5 atom stereocenters. The lowest BCUT2D eigenvalue weighted by atomic mass is 9.71. The highest BCUT2D eigenvalue weighted by Gasteiger charge is 2.53. The molecule has 3 saturated heterocycles. The van der Waals surface area contributed by atoms with E-state index in [1.54, 1.807) is 0 Å². The van der Waals surface area contributed by atoms with Crippen molar-refractivity contribution in [1.82, 2.24) is 4.98 Å². The van der Waals surface area contributed by atoms with Gasteiger partial charge in [0, 0.05) is 39.5 Å². The molecule has 2 bridgehead atoms. The van der Waals surface area contributed by atoms with Crippen LogP contribution in [-0.4, -0.2) is 33.7 Å². The standard InChI is InChI=1S/C26H28IN2O/c1-2-19-17-29(16-18-6-5-7-21(27)14-18)13-11-20(19)15-25(29)26(30)23-10-12-28-24-9-4-3-8-22(23)24/h2-10,12,14,19-20,25-26,30H,1,11,13,15-17H2/q+1/t19-,20-,25+,26-,29+/m0/s1. The summed E-state index contributed by atoms with van der Waals surface area (Å²) in [6.45, 7) is 7.32. The molecule has 154 valence electrons. The Bertz CT molecular complexity index is 1080. The van der Waals surface area contributed by atoms with Gasteiger partial charge in [-0.05, 0) is 58.3 Å². The number of aliphatic hydroxyl groups excluding tert-OH is 1. The number of aromatic nitrogens is 1. The first-order valence-corrected chi connectivity index (χ1v) is 11.9. The summed E-state index contributed by atoms with van der Waals surface area (Å²) in [5.41, 5.74) is 3.34. The van der Waals surface area contributed by atoms with Crippen LogP contribution in [0.15, 0.2) is 73.4 Å². The number of hydrogen-bond acceptors (Lipinski definition) is 2. The van der Waals surface area contributed by atoms with Crippen molar-refractivity contribution in [2.75, 3.05) is 13.1 Å². The maximum absolute atomic E-state index is 11.8. The summed E-state index contributed by atoms with van der Waals surface area (Å²) < 4.78 is 2.22. The fraction of sp³-hybridized carbons (Fsp3) is 0.346. The van der Waals surface area contributed by atoms with E-state index in [1.165, 1.54) is 15.6 Å². The lowest BCUT2D eigenvalue weighted by molar-refractivity contribution is -0.984. The highest BCUT2D eigenvalue weighted by molar-refractivity contribution is 14.1. The second kappa shape index (κ2) is 8.06. The third kappa shape index (κ3) is 3.49. The number of para-hydroxylation sites is 1. The second-order valence-corrected chi connectivity index (χ2v) is 10.3. The molecule has 1 N–H and O–H groups in total. The smallest absolute Gasteiger partial charge is 0.131 e. The molecule has 3 fully saturated rings. The van der Waals surface area contributed by atoms with Gasteiger partial charge in [0.05, 0.1) is 18.6 Å². The van der Waals surface area contributed by atoms with Gasteiger partial charge in [-0.25, -0.2) is 0 Å². The maximum Gasteiger partial charge on any atom is 0.131 e. The highest BCUT2D eigenvalue weighted by Crippen LogP contribution is 2.48. The molecule has 2 aromatic carbocycles. The predicted octanol–water partition coefficient (Wildman–Crippen LogP) is 5.48. The average molecular weight is 511 g/mol. The van der Waals surface area contributed by atoms with Crippen molar-refractivity contribution in [2.24, 2.45) is 11.8 Å². The number of quaternary nitrogens is 1. The monoisotopic (exact) mass is 511 g/mol. The number of fused-ring (bicyclic) bond motifs is 4. The van der Waals surface area contributed by atoms with Crippen LogP contribution in [0.3, 0.4) is 0 Å². The van der Waals surface area contributed by atoms with Gasteiger partial charge >= 0.3 is 0 Å². The SMILES string of the molecule is C=C[C@H]1C[N@+]2(Cc3cccc(I)c3)CC[C@H]1C[C@@H]2[C@@H](O)c1ccnc2ccccc12. The van der Waals surface area contributed by atoms with Crippen molar-refractivity contribution in [3.8, 4) is 0 Å². The molecular formula is C26H28IN2O+. The van der Waals surface area contributed by atoms with E-state index in [-0.39, 0.29) is 6.04 Å². The van der Waals surface area contributed by atoms with Gasteiger partial charge in [0.2, 0.25) is 0 Å². The molecule has 1 aromatic heterocycles. The van der Waals surface area contributed by atoms with E-state index < -0.39 is 6.10 Å². The highest BCUT2D eigenvalue weighted by atomic mass is 127. The first kappa shape index (κ1) is 20.2. The summed E-state index contributed by atoms with van der Waals surface area (Å²) >= 11 is 2.40. The third-order valence-corrected chi connectivity index (χ3v) is 8.10. The zero-order chi connectivity index (χ0) is 20.7. The Morgan fingerprint density at radius 1 is 1.20 bits per heavy atom. The lowest BCUT2D eigenvalue weighted by Gasteiger charge is -2.58. The summed E-state index contributed by atoms with van der Waals surface area (Å²) in [4.78, 5) is 4.51. The number of aliphatic hydroxyl groups is 1. The van der Waals surface area contributed by atoms with Gasteiger partial charge < -0.3 is 9.59 Å². The first-order chi connectivity index (χ1) is 14.6. The number of halogens is 1. The summed E-state index contributed by atoms with van der Waals surface area (Å²) in [5.74, 6) is 1.17. The molecule has 30 heavy (non-hydrogen) atoms.